The number of aromatic nitrogens is 1. The summed E-state index contributed by atoms with van der Waals surface area (Å²) in [6.45, 7) is 0. The Labute approximate surface area is 110 Å². The van der Waals surface area contributed by atoms with Crippen molar-refractivity contribution in [1.29, 1.82) is 0 Å². The number of nitrogens with zero attached hydrogens (tertiary/aromatic N) is 1. The molecule has 96 valence electrons. The lowest BCUT2D eigenvalue weighted by molar-refractivity contribution is 0.414. The first-order valence-electron chi connectivity index (χ1n) is 6.01. The molecule has 0 radical (unpaired) electrons. The Hall–Kier alpha value is -2.33. The van der Waals surface area contributed by atoms with Crippen LogP contribution in [-0.4, -0.2) is 12.1 Å². The number of benzene rings is 1. The molecule has 19 heavy (non-hydrogen) atoms. The molecule has 0 aliphatic carbocycles. The van der Waals surface area contributed by atoms with Gasteiger partial charge in [-0.25, -0.2) is 0 Å². The van der Waals surface area contributed by atoms with Crippen LogP contribution in [0.4, 0.5) is 0 Å². The molecule has 4 nitrogen and oxygen atoms in total. The number of pyridine rings is 1. The van der Waals surface area contributed by atoms with Crippen molar-refractivity contribution in [1.82, 2.24) is 4.98 Å². The summed E-state index contributed by atoms with van der Waals surface area (Å²) in [6.07, 6.45) is 3.47. The van der Waals surface area contributed by atoms with Crippen LogP contribution < -0.4 is 10.5 Å². The van der Waals surface area contributed by atoms with E-state index in [2.05, 4.69) is 4.98 Å². The second kappa shape index (κ2) is 4.74. The van der Waals surface area contributed by atoms with Crippen LogP contribution in [0.25, 0.3) is 11.0 Å². The van der Waals surface area contributed by atoms with Crippen LogP contribution in [0.1, 0.15) is 17.4 Å². The van der Waals surface area contributed by atoms with E-state index in [1.165, 1.54) is 0 Å². The van der Waals surface area contributed by atoms with E-state index in [1.807, 2.05) is 36.4 Å². The first-order valence-corrected chi connectivity index (χ1v) is 6.01. The Morgan fingerprint density at radius 2 is 2.16 bits per heavy atom. The predicted molar refractivity (Wildman–Crippen MR) is 73.0 cm³/mol. The van der Waals surface area contributed by atoms with Gasteiger partial charge >= 0.3 is 0 Å². The fourth-order valence-electron chi connectivity index (χ4n) is 2.04. The molecule has 0 saturated heterocycles. The second-order valence-corrected chi connectivity index (χ2v) is 4.32. The Morgan fingerprint density at radius 3 is 2.89 bits per heavy atom. The highest BCUT2D eigenvalue weighted by atomic mass is 16.5. The minimum atomic E-state index is -0.313. The molecule has 1 unspecified atom stereocenters. The topological polar surface area (TPSA) is 61.3 Å². The van der Waals surface area contributed by atoms with E-state index in [1.54, 1.807) is 19.5 Å². The van der Waals surface area contributed by atoms with Crippen LogP contribution in [0.3, 0.4) is 0 Å². The largest absolute Gasteiger partial charge is 0.497 e. The summed E-state index contributed by atoms with van der Waals surface area (Å²) in [5, 5.41) is 1.01. The van der Waals surface area contributed by atoms with Crippen molar-refractivity contribution in [2.45, 2.75) is 6.04 Å². The van der Waals surface area contributed by atoms with Gasteiger partial charge in [-0.1, -0.05) is 6.07 Å². The molecule has 0 bridgehead atoms. The molecule has 0 spiro atoms. The number of nitrogens with two attached hydrogens (primary N) is 1. The predicted octanol–water partition coefficient (Wildman–Crippen LogP) is 2.88. The van der Waals surface area contributed by atoms with Crippen molar-refractivity contribution in [3.05, 3.63) is 60.1 Å². The molecular formula is C15H14N2O2. The monoisotopic (exact) mass is 254 g/mol. The fourth-order valence-corrected chi connectivity index (χ4v) is 2.04. The zero-order valence-corrected chi connectivity index (χ0v) is 10.5. The molecule has 0 amide bonds. The van der Waals surface area contributed by atoms with Crippen LogP contribution >= 0.6 is 0 Å². The van der Waals surface area contributed by atoms with Gasteiger partial charge in [-0.15, -0.1) is 0 Å². The van der Waals surface area contributed by atoms with E-state index in [9.17, 15) is 0 Å². The third-order valence-electron chi connectivity index (χ3n) is 3.10. The summed E-state index contributed by atoms with van der Waals surface area (Å²) in [7, 11) is 1.63. The highest BCUT2D eigenvalue weighted by molar-refractivity contribution is 5.79. The molecular weight excluding hydrogens is 240 g/mol. The van der Waals surface area contributed by atoms with Crippen LogP contribution in [-0.2, 0) is 0 Å². The minimum absolute atomic E-state index is 0.313. The zero-order chi connectivity index (χ0) is 13.2. The average molecular weight is 254 g/mol. The second-order valence-electron chi connectivity index (χ2n) is 4.32. The average Bonchev–Trinajstić information content (AvgIpc) is 2.90. The number of ether oxygens (including phenoxy) is 1. The van der Waals surface area contributed by atoms with Gasteiger partial charge in [0.2, 0.25) is 0 Å². The van der Waals surface area contributed by atoms with Crippen LogP contribution in [0.2, 0.25) is 0 Å². The van der Waals surface area contributed by atoms with Crippen molar-refractivity contribution < 1.29 is 9.15 Å². The summed E-state index contributed by atoms with van der Waals surface area (Å²) in [6, 6.07) is 11.1. The molecule has 1 aromatic carbocycles. The van der Waals surface area contributed by atoms with Crippen molar-refractivity contribution in [3.8, 4) is 5.75 Å². The maximum Gasteiger partial charge on any atom is 0.138 e. The summed E-state index contributed by atoms with van der Waals surface area (Å²) < 4.78 is 11.0. The Bertz CT molecular complexity index is 692. The molecule has 0 saturated carbocycles. The summed E-state index contributed by atoms with van der Waals surface area (Å²) >= 11 is 0. The van der Waals surface area contributed by atoms with Gasteiger partial charge in [-0.05, 0) is 29.8 Å². The SMILES string of the molecule is COc1ccc2cc(C(N)c3cccnc3)oc2c1. The molecule has 0 aliphatic heterocycles. The van der Waals surface area contributed by atoms with E-state index in [0.717, 1.165) is 28.0 Å². The lowest BCUT2D eigenvalue weighted by Crippen LogP contribution is -2.10. The van der Waals surface area contributed by atoms with Gasteiger partial charge in [0.05, 0.1) is 13.2 Å². The molecule has 4 heteroatoms. The summed E-state index contributed by atoms with van der Waals surface area (Å²) in [5.41, 5.74) is 7.88. The lowest BCUT2D eigenvalue weighted by atomic mass is 10.1. The van der Waals surface area contributed by atoms with Gasteiger partial charge in [-0.2, -0.15) is 0 Å². The van der Waals surface area contributed by atoms with Gasteiger partial charge in [0.1, 0.15) is 17.1 Å². The van der Waals surface area contributed by atoms with Crippen molar-refractivity contribution in [2.24, 2.45) is 5.73 Å². The van der Waals surface area contributed by atoms with Gasteiger partial charge in [0.15, 0.2) is 0 Å². The quantitative estimate of drug-likeness (QED) is 0.780. The Morgan fingerprint density at radius 1 is 1.26 bits per heavy atom. The Balaban J connectivity index is 2.01. The first-order chi connectivity index (χ1) is 9.28. The number of rotatable bonds is 3. The van der Waals surface area contributed by atoms with Crippen molar-refractivity contribution >= 4 is 11.0 Å². The van der Waals surface area contributed by atoms with Crippen molar-refractivity contribution in [2.75, 3.05) is 7.11 Å². The number of hydrogen-bond donors (Lipinski definition) is 1. The first kappa shape index (κ1) is 11.7. The van der Waals surface area contributed by atoms with E-state index in [-0.39, 0.29) is 6.04 Å². The normalized spacial score (nSPS) is 12.5. The standard InChI is InChI=1S/C15H14N2O2/c1-18-12-5-4-10-7-14(19-13(10)8-12)15(16)11-3-2-6-17-9-11/h2-9,15H,16H2,1H3. The molecule has 2 heterocycles. The smallest absolute Gasteiger partial charge is 0.138 e. The van der Waals surface area contributed by atoms with Gasteiger partial charge in [0.25, 0.3) is 0 Å². The molecule has 3 rings (SSSR count). The van der Waals surface area contributed by atoms with E-state index < -0.39 is 0 Å². The van der Waals surface area contributed by atoms with E-state index >= 15 is 0 Å². The summed E-state index contributed by atoms with van der Waals surface area (Å²) in [5.74, 6) is 1.49. The maximum atomic E-state index is 6.19. The van der Waals surface area contributed by atoms with Gasteiger partial charge in [0, 0.05) is 23.8 Å². The highest BCUT2D eigenvalue weighted by Crippen LogP contribution is 2.28. The molecule has 0 aliphatic rings. The maximum absolute atomic E-state index is 6.19. The summed E-state index contributed by atoms with van der Waals surface area (Å²) in [4.78, 5) is 4.07. The van der Waals surface area contributed by atoms with Crippen LogP contribution in [0.15, 0.2) is 53.2 Å². The minimum Gasteiger partial charge on any atom is -0.497 e. The molecule has 0 fully saturated rings. The van der Waals surface area contributed by atoms with Crippen LogP contribution in [0.5, 0.6) is 5.75 Å². The molecule has 2 N–H and O–H groups in total. The lowest BCUT2D eigenvalue weighted by Gasteiger charge is -2.07. The molecule has 3 aromatic rings. The number of fused-ring (bicyclic) bond motifs is 1. The highest BCUT2D eigenvalue weighted by Gasteiger charge is 2.14. The van der Waals surface area contributed by atoms with Crippen LogP contribution in [0, 0.1) is 0 Å². The number of hydrogen-bond acceptors (Lipinski definition) is 4. The zero-order valence-electron chi connectivity index (χ0n) is 10.5. The number of methoxy groups -OCH3 is 1. The van der Waals surface area contributed by atoms with Gasteiger partial charge < -0.3 is 14.9 Å². The molecule has 2 aromatic heterocycles. The third-order valence-corrected chi connectivity index (χ3v) is 3.10. The number of furan rings is 1. The fraction of sp³-hybridized carbons (Fsp3) is 0.133. The molecule has 1 atom stereocenters. The third kappa shape index (κ3) is 2.18. The van der Waals surface area contributed by atoms with Crippen molar-refractivity contribution in [3.63, 3.8) is 0 Å². The van der Waals surface area contributed by atoms with E-state index in [0.29, 0.717) is 0 Å². The van der Waals surface area contributed by atoms with E-state index in [4.69, 9.17) is 14.9 Å². The van der Waals surface area contributed by atoms with Gasteiger partial charge in [-0.3, -0.25) is 4.98 Å². The Kier molecular flexibility index (Phi) is 2.93.